The Labute approximate surface area is 133 Å². The summed E-state index contributed by atoms with van der Waals surface area (Å²) in [6.07, 6.45) is -2.77. The number of sulfonamides is 1. The van der Waals surface area contributed by atoms with Gasteiger partial charge in [-0.2, -0.15) is 4.31 Å². The predicted molar refractivity (Wildman–Crippen MR) is 79.7 cm³/mol. The third-order valence-electron chi connectivity index (χ3n) is 2.73. The molecule has 0 aliphatic carbocycles. The molecule has 1 aromatic rings. The van der Waals surface area contributed by atoms with Crippen LogP contribution in [0.15, 0.2) is 17.0 Å². The number of hydrogen-bond donors (Lipinski definition) is 1. The third kappa shape index (κ3) is 4.75. The number of halogens is 4. The van der Waals surface area contributed by atoms with Gasteiger partial charge in [0.15, 0.2) is 0 Å². The van der Waals surface area contributed by atoms with Crippen LogP contribution in [0, 0.1) is 0 Å². The van der Waals surface area contributed by atoms with E-state index in [1.54, 1.807) is 6.07 Å². The molecular weight excluding hydrogens is 345 g/mol. The zero-order valence-electron chi connectivity index (χ0n) is 11.5. The highest BCUT2D eigenvalue weighted by Crippen LogP contribution is 2.31. The highest BCUT2D eigenvalue weighted by molar-refractivity contribution is 7.89. The Balaban J connectivity index is 3.25. The van der Waals surface area contributed by atoms with Crippen molar-refractivity contribution in [2.24, 2.45) is 0 Å². The van der Waals surface area contributed by atoms with Crippen molar-refractivity contribution < 1.29 is 17.2 Å². The van der Waals surface area contributed by atoms with Crippen molar-refractivity contribution in [2.45, 2.75) is 24.8 Å². The average Bonchev–Trinajstić information content (AvgIpc) is 2.38. The summed E-state index contributed by atoms with van der Waals surface area (Å²) in [5, 5.41) is 3.17. The fraction of sp³-hybridized carbons (Fsp3) is 0.500. The fourth-order valence-corrected chi connectivity index (χ4v) is 3.71. The van der Waals surface area contributed by atoms with Crippen LogP contribution < -0.4 is 5.32 Å². The molecule has 9 heteroatoms. The maximum atomic E-state index is 12.4. The Morgan fingerprint density at radius 2 is 1.95 bits per heavy atom. The molecule has 21 heavy (non-hydrogen) atoms. The number of nitrogens with one attached hydrogen (secondary N) is 1. The highest BCUT2D eigenvalue weighted by Gasteiger charge is 2.27. The van der Waals surface area contributed by atoms with Gasteiger partial charge in [-0.1, -0.05) is 30.1 Å². The molecule has 1 aromatic carbocycles. The van der Waals surface area contributed by atoms with Gasteiger partial charge in [-0.3, -0.25) is 0 Å². The van der Waals surface area contributed by atoms with E-state index >= 15 is 0 Å². The molecular formula is C12H16Cl2F2N2O2S. The zero-order valence-corrected chi connectivity index (χ0v) is 13.9. The lowest BCUT2D eigenvalue weighted by Crippen LogP contribution is -2.31. The van der Waals surface area contributed by atoms with E-state index in [0.717, 1.165) is 13.1 Å². The van der Waals surface area contributed by atoms with Crippen molar-refractivity contribution in [1.82, 2.24) is 9.62 Å². The van der Waals surface area contributed by atoms with Crippen molar-refractivity contribution in [2.75, 3.05) is 20.1 Å². The minimum Gasteiger partial charge on any atom is -0.313 e. The van der Waals surface area contributed by atoms with E-state index in [4.69, 9.17) is 23.2 Å². The summed E-state index contributed by atoms with van der Waals surface area (Å²) in [7, 11) is -3.05. The van der Waals surface area contributed by atoms with Crippen LogP contribution >= 0.6 is 23.2 Å². The van der Waals surface area contributed by atoms with Crippen LogP contribution in [-0.2, 0) is 16.6 Å². The van der Waals surface area contributed by atoms with Gasteiger partial charge in [0.1, 0.15) is 4.90 Å². The molecule has 120 valence electrons. The van der Waals surface area contributed by atoms with Gasteiger partial charge in [-0.05, 0) is 24.2 Å². The molecule has 0 aliphatic heterocycles. The van der Waals surface area contributed by atoms with E-state index in [1.807, 2.05) is 6.92 Å². The smallest absolute Gasteiger partial charge is 0.252 e. The summed E-state index contributed by atoms with van der Waals surface area (Å²) in [4.78, 5) is -0.271. The van der Waals surface area contributed by atoms with E-state index < -0.39 is 23.0 Å². The molecule has 0 atom stereocenters. The lowest BCUT2D eigenvalue weighted by Gasteiger charge is -2.19. The number of benzene rings is 1. The summed E-state index contributed by atoms with van der Waals surface area (Å²) in [5.41, 5.74) is 0.495. The molecule has 4 nitrogen and oxygen atoms in total. The number of alkyl halides is 2. The van der Waals surface area contributed by atoms with Crippen molar-refractivity contribution in [1.29, 1.82) is 0 Å². The maximum absolute atomic E-state index is 12.4. The van der Waals surface area contributed by atoms with Gasteiger partial charge < -0.3 is 5.32 Å². The summed E-state index contributed by atoms with van der Waals surface area (Å²) >= 11 is 12.0. The minimum absolute atomic E-state index is 0.0125. The molecule has 0 saturated carbocycles. The van der Waals surface area contributed by atoms with Crippen LogP contribution in [0.1, 0.15) is 12.5 Å². The van der Waals surface area contributed by atoms with Crippen LogP contribution in [0.3, 0.4) is 0 Å². The topological polar surface area (TPSA) is 49.4 Å². The van der Waals surface area contributed by atoms with Crippen molar-refractivity contribution in [3.63, 3.8) is 0 Å². The lowest BCUT2D eigenvalue weighted by molar-refractivity contribution is 0.126. The number of nitrogens with zero attached hydrogens (tertiary/aromatic N) is 1. The van der Waals surface area contributed by atoms with Crippen LogP contribution in [0.5, 0.6) is 0 Å². The van der Waals surface area contributed by atoms with Gasteiger partial charge in [0.2, 0.25) is 10.0 Å². The van der Waals surface area contributed by atoms with Crippen molar-refractivity contribution >= 4 is 33.2 Å². The second kappa shape index (κ2) is 7.69. The average molecular weight is 361 g/mol. The Morgan fingerprint density at radius 3 is 2.48 bits per heavy atom. The SMILES string of the molecule is CCNCc1cc(Cl)cc(S(=O)(=O)N(C)CC(F)F)c1Cl. The number of rotatable bonds is 7. The molecule has 1 rings (SSSR count). The van der Waals surface area contributed by atoms with Gasteiger partial charge in [0.05, 0.1) is 11.6 Å². The Bertz CT molecular complexity index is 597. The Morgan fingerprint density at radius 1 is 1.33 bits per heavy atom. The molecule has 0 unspecified atom stereocenters. The van der Waals surface area contributed by atoms with Gasteiger partial charge >= 0.3 is 0 Å². The second-order valence-corrected chi connectivity index (χ2v) is 7.16. The van der Waals surface area contributed by atoms with E-state index in [2.05, 4.69) is 5.32 Å². The highest BCUT2D eigenvalue weighted by atomic mass is 35.5. The molecule has 0 heterocycles. The van der Waals surface area contributed by atoms with Crippen molar-refractivity contribution in [3.05, 3.63) is 27.7 Å². The monoisotopic (exact) mass is 360 g/mol. The summed E-state index contributed by atoms with van der Waals surface area (Å²) in [6, 6.07) is 2.70. The summed E-state index contributed by atoms with van der Waals surface area (Å²) in [5.74, 6) is 0. The first-order valence-corrected chi connectivity index (χ1v) is 8.32. The van der Waals surface area contributed by atoms with Crippen LogP contribution in [-0.4, -0.2) is 39.3 Å². The van der Waals surface area contributed by atoms with E-state index in [9.17, 15) is 17.2 Å². The first kappa shape index (κ1) is 18.6. The standard InChI is InChI=1S/C12H16Cl2F2N2O2S/c1-3-17-6-8-4-9(13)5-10(12(8)14)21(19,20)18(2)7-11(15)16/h4-5,11,17H,3,6-7H2,1-2H3. The largest absolute Gasteiger partial charge is 0.313 e. The number of hydrogen-bond acceptors (Lipinski definition) is 3. The molecule has 0 bridgehead atoms. The minimum atomic E-state index is -4.13. The predicted octanol–water partition coefficient (Wildman–Crippen LogP) is 2.99. The summed E-state index contributed by atoms with van der Waals surface area (Å²) < 4.78 is 49.9. The molecule has 0 aliphatic rings. The zero-order chi connectivity index (χ0) is 16.2. The van der Waals surface area contributed by atoms with E-state index in [0.29, 0.717) is 23.0 Å². The molecule has 0 spiro atoms. The van der Waals surface area contributed by atoms with Gasteiger partial charge in [0.25, 0.3) is 6.43 Å². The van der Waals surface area contributed by atoms with Crippen LogP contribution in [0.25, 0.3) is 0 Å². The molecule has 0 radical (unpaired) electrons. The van der Waals surface area contributed by atoms with Crippen molar-refractivity contribution in [3.8, 4) is 0 Å². The first-order chi connectivity index (χ1) is 9.70. The molecule has 0 fully saturated rings. The fourth-order valence-electron chi connectivity index (χ4n) is 1.65. The van der Waals surface area contributed by atoms with Gasteiger partial charge in [-0.15, -0.1) is 0 Å². The summed E-state index contributed by atoms with van der Waals surface area (Å²) in [6.45, 7) is 1.97. The van der Waals surface area contributed by atoms with E-state index in [-0.39, 0.29) is 14.9 Å². The second-order valence-electron chi connectivity index (χ2n) is 4.33. The maximum Gasteiger partial charge on any atom is 0.252 e. The normalized spacial score (nSPS) is 12.4. The first-order valence-electron chi connectivity index (χ1n) is 6.13. The lowest BCUT2D eigenvalue weighted by atomic mass is 10.2. The Kier molecular flexibility index (Phi) is 6.80. The van der Waals surface area contributed by atoms with E-state index in [1.165, 1.54) is 0 Å². The van der Waals surface area contributed by atoms with Crippen LogP contribution in [0.4, 0.5) is 8.78 Å². The van der Waals surface area contributed by atoms with Gasteiger partial charge in [0, 0.05) is 18.6 Å². The third-order valence-corrected chi connectivity index (χ3v) is 5.35. The van der Waals surface area contributed by atoms with Crippen LogP contribution in [0.2, 0.25) is 10.0 Å². The van der Waals surface area contributed by atoms with Gasteiger partial charge in [-0.25, -0.2) is 17.2 Å². The molecule has 0 amide bonds. The molecule has 1 N–H and O–H groups in total. The quantitative estimate of drug-likeness (QED) is 0.812. The molecule has 0 saturated heterocycles. The molecule has 0 aromatic heterocycles. The Hall–Kier alpha value is -0.470.